The van der Waals surface area contributed by atoms with Crippen LogP contribution in [0.1, 0.15) is 26.2 Å². The van der Waals surface area contributed by atoms with Crippen LogP contribution in [0.25, 0.3) is 10.8 Å². The van der Waals surface area contributed by atoms with Crippen LogP contribution in [0, 0.1) is 0 Å². The second-order valence-electron chi connectivity index (χ2n) is 4.20. The van der Waals surface area contributed by atoms with Crippen LogP contribution >= 0.6 is 0 Å². The van der Waals surface area contributed by atoms with E-state index in [1.807, 2.05) is 18.2 Å². The molecule has 0 N–H and O–H groups in total. The first kappa shape index (κ1) is 11.8. The van der Waals surface area contributed by atoms with E-state index in [4.69, 9.17) is 0 Å². The van der Waals surface area contributed by atoms with E-state index >= 15 is 0 Å². The Bertz CT molecular complexity index is 503. The van der Waals surface area contributed by atoms with Crippen LogP contribution in [-0.4, -0.2) is 6.54 Å². The standard InChI is InChI=1S/C15H18N2/c1-2-3-6-11-16-17-15-10-9-13-7-4-5-8-14(13)12-15/h4-5,7-10,12H,2-3,6,11H2,1H3. The third-order valence-corrected chi connectivity index (χ3v) is 2.78. The van der Waals surface area contributed by atoms with E-state index in [1.54, 1.807) is 0 Å². The molecule has 2 aromatic carbocycles. The molecule has 0 saturated carbocycles. The summed E-state index contributed by atoms with van der Waals surface area (Å²) in [5, 5.41) is 10.9. The first-order valence-corrected chi connectivity index (χ1v) is 6.26. The maximum absolute atomic E-state index is 4.25. The summed E-state index contributed by atoms with van der Waals surface area (Å²) in [5.41, 5.74) is 0.945. The minimum Gasteiger partial charge on any atom is -0.189 e. The summed E-state index contributed by atoms with van der Waals surface area (Å²) in [6.45, 7) is 3.03. The van der Waals surface area contributed by atoms with E-state index in [0.717, 1.165) is 18.7 Å². The quantitative estimate of drug-likeness (QED) is 0.499. The molecule has 0 aliphatic rings. The van der Waals surface area contributed by atoms with Crippen molar-refractivity contribution in [2.45, 2.75) is 26.2 Å². The normalized spacial score (nSPS) is 11.4. The fourth-order valence-corrected chi connectivity index (χ4v) is 1.80. The second-order valence-corrected chi connectivity index (χ2v) is 4.20. The predicted octanol–water partition coefficient (Wildman–Crippen LogP) is 5.11. The lowest BCUT2D eigenvalue weighted by Crippen LogP contribution is -1.78. The molecule has 2 heteroatoms. The highest BCUT2D eigenvalue weighted by atomic mass is 15.1. The molecule has 0 aliphatic carbocycles. The molecule has 0 unspecified atom stereocenters. The minimum atomic E-state index is 0.834. The average molecular weight is 226 g/mol. The molecule has 0 saturated heterocycles. The molecule has 0 aromatic heterocycles. The third kappa shape index (κ3) is 3.38. The first-order valence-electron chi connectivity index (χ1n) is 6.26. The van der Waals surface area contributed by atoms with Crippen molar-refractivity contribution in [3.8, 4) is 0 Å². The van der Waals surface area contributed by atoms with E-state index in [2.05, 4.69) is 41.4 Å². The van der Waals surface area contributed by atoms with E-state index in [-0.39, 0.29) is 0 Å². The molecular formula is C15H18N2. The smallest absolute Gasteiger partial charge is 0.0858 e. The van der Waals surface area contributed by atoms with E-state index in [0.29, 0.717) is 0 Å². The molecule has 0 atom stereocenters. The van der Waals surface area contributed by atoms with Crippen molar-refractivity contribution in [3.63, 3.8) is 0 Å². The minimum absolute atomic E-state index is 0.834. The number of azo groups is 1. The van der Waals surface area contributed by atoms with Gasteiger partial charge in [0.1, 0.15) is 0 Å². The fraction of sp³-hybridized carbons (Fsp3) is 0.333. The molecule has 0 amide bonds. The predicted molar refractivity (Wildman–Crippen MR) is 72.9 cm³/mol. The molecule has 0 heterocycles. The Labute approximate surface area is 102 Å². The van der Waals surface area contributed by atoms with Gasteiger partial charge in [0.05, 0.1) is 12.2 Å². The molecular weight excluding hydrogens is 208 g/mol. The molecule has 0 bridgehead atoms. The van der Waals surface area contributed by atoms with Gasteiger partial charge in [0.15, 0.2) is 0 Å². The van der Waals surface area contributed by atoms with Crippen molar-refractivity contribution < 1.29 is 0 Å². The summed E-state index contributed by atoms with van der Waals surface area (Å²) in [4.78, 5) is 0. The number of benzene rings is 2. The SMILES string of the molecule is CCCCCN=Nc1ccc2ccccc2c1. The van der Waals surface area contributed by atoms with Gasteiger partial charge in [0.2, 0.25) is 0 Å². The summed E-state index contributed by atoms with van der Waals surface area (Å²) in [7, 11) is 0. The van der Waals surface area contributed by atoms with Crippen LogP contribution in [0.4, 0.5) is 5.69 Å². The highest BCUT2D eigenvalue weighted by Gasteiger charge is 1.93. The Morgan fingerprint density at radius 1 is 0.941 bits per heavy atom. The Kier molecular flexibility index (Phi) is 4.25. The highest BCUT2D eigenvalue weighted by Crippen LogP contribution is 2.21. The third-order valence-electron chi connectivity index (χ3n) is 2.78. The van der Waals surface area contributed by atoms with E-state index < -0.39 is 0 Å². The molecule has 17 heavy (non-hydrogen) atoms. The molecule has 88 valence electrons. The van der Waals surface area contributed by atoms with Gasteiger partial charge in [-0.2, -0.15) is 10.2 Å². The van der Waals surface area contributed by atoms with Gasteiger partial charge in [0, 0.05) is 0 Å². The summed E-state index contributed by atoms with van der Waals surface area (Å²) in [5.74, 6) is 0. The van der Waals surface area contributed by atoms with Gasteiger partial charge in [0.25, 0.3) is 0 Å². The summed E-state index contributed by atoms with van der Waals surface area (Å²) in [6.07, 6.45) is 3.59. The van der Waals surface area contributed by atoms with E-state index in [1.165, 1.54) is 23.6 Å². The van der Waals surface area contributed by atoms with Crippen LogP contribution in [-0.2, 0) is 0 Å². The van der Waals surface area contributed by atoms with Gasteiger partial charge in [-0.05, 0) is 29.3 Å². The van der Waals surface area contributed by atoms with Gasteiger partial charge in [-0.25, -0.2) is 0 Å². The Morgan fingerprint density at radius 2 is 1.76 bits per heavy atom. The van der Waals surface area contributed by atoms with Gasteiger partial charge in [-0.1, -0.05) is 50.1 Å². The van der Waals surface area contributed by atoms with Crippen molar-refractivity contribution in [1.29, 1.82) is 0 Å². The lowest BCUT2D eigenvalue weighted by Gasteiger charge is -1.98. The van der Waals surface area contributed by atoms with Crippen molar-refractivity contribution in [1.82, 2.24) is 0 Å². The van der Waals surface area contributed by atoms with Crippen molar-refractivity contribution in [2.24, 2.45) is 10.2 Å². The largest absolute Gasteiger partial charge is 0.189 e. The Balaban J connectivity index is 2.04. The number of hydrogen-bond donors (Lipinski definition) is 0. The second kappa shape index (κ2) is 6.14. The maximum Gasteiger partial charge on any atom is 0.0858 e. The molecule has 2 rings (SSSR count). The highest BCUT2D eigenvalue weighted by molar-refractivity contribution is 5.84. The Hall–Kier alpha value is -1.70. The van der Waals surface area contributed by atoms with Gasteiger partial charge >= 0.3 is 0 Å². The zero-order chi connectivity index (χ0) is 11.9. The number of nitrogens with zero attached hydrogens (tertiary/aromatic N) is 2. The van der Waals surface area contributed by atoms with Crippen LogP contribution in [0.2, 0.25) is 0 Å². The van der Waals surface area contributed by atoms with Crippen molar-refractivity contribution >= 4 is 16.5 Å². The number of fused-ring (bicyclic) bond motifs is 1. The van der Waals surface area contributed by atoms with Gasteiger partial charge in [-0.3, -0.25) is 0 Å². The number of unbranched alkanes of at least 4 members (excludes halogenated alkanes) is 2. The summed E-state index contributed by atoms with van der Waals surface area (Å²) < 4.78 is 0. The molecule has 0 spiro atoms. The zero-order valence-electron chi connectivity index (χ0n) is 10.3. The fourth-order valence-electron chi connectivity index (χ4n) is 1.80. The lowest BCUT2D eigenvalue weighted by atomic mass is 10.1. The first-order chi connectivity index (χ1) is 8.40. The Morgan fingerprint density at radius 3 is 2.59 bits per heavy atom. The molecule has 0 aliphatic heterocycles. The van der Waals surface area contributed by atoms with Crippen LogP contribution in [0.3, 0.4) is 0 Å². The molecule has 0 radical (unpaired) electrons. The van der Waals surface area contributed by atoms with Crippen LogP contribution in [0.15, 0.2) is 52.7 Å². The van der Waals surface area contributed by atoms with Gasteiger partial charge < -0.3 is 0 Å². The molecule has 2 aromatic rings. The monoisotopic (exact) mass is 226 g/mol. The van der Waals surface area contributed by atoms with Crippen molar-refractivity contribution in [3.05, 3.63) is 42.5 Å². The molecule has 2 nitrogen and oxygen atoms in total. The summed E-state index contributed by atoms with van der Waals surface area (Å²) in [6, 6.07) is 14.5. The maximum atomic E-state index is 4.25. The van der Waals surface area contributed by atoms with Crippen molar-refractivity contribution in [2.75, 3.05) is 6.54 Å². The average Bonchev–Trinajstić information content (AvgIpc) is 2.38. The zero-order valence-corrected chi connectivity index (χ0v) is 10.3. The lowest BCUT2D eigenvalue weighted by molar-refractivity contribution is 0.713. The number of rotatable bonds is 5. The topological polar surface area (TPSA) is 24.7 Å². The number of hydrogen-bond acceptors (Lipinski definition) is 2. The van der Waals surface area contributed by atoms with Gasteiger partial charge in [-0.15, -0.1) is 0 Å². The van der Waals surface area contributed by atoms with Crippen LogP contribution < -0.4 is 0 Å². The van der Waals surface area contributed by atoms with E-state index in [9.17, 15) is 0 Å². The summed E-state index contributed by atoms with van der Waals surface area (Å²) >= 11 is 0. The van der Waals surface area contributed by atoms with Crippen LogP contribution in [0.5, 0.6) is 0 Å². The molecule has 0 fully saturated rings.